The Kier molecular flexibility index (Phi) is 3.99. The molecule has 1 aromatic heterocycles. The van der Waals surface area contributed by atoms with Crippen LogP contribution in [0.2, 0.25) is 5.15 Å². The molecular weight excluding hydrogens is 280 g/mol. The van der Waals surface area contributed by atoms with Crippen molar-refractivity contribution in [3.05, 3.63) is 61.4 Å². The van der Waals surface area contributed by atoms with Crippen LogP contribution in [0.4, 0.5) is 0 Å². The van der Waals surface area contributed by atoms with Crippen LogP contribution < -0.4 is 16.0 Å². The smallest absolute Gasteiger partial charge is 0.330 e. The first-order valence-corrected chi connectivity index (χ1v) is 6.48. The van der Waals surface area contributed by atoms with Gasteiger partial charge in [0.25, 0.3) is 5.56 Å². The van der Waals surface area contributed by atoms with E-state index in [2.05, 4.69) is 4.98 Å². The largest absolute Gasteiger partial charge is 0.497 e. The van der Waals surface area contributed by atoms with Crippen LogP contribution in [-0.2, 0) is 0 Å². The highest BCUT2D eigenvalue weighted by atomic mass is 35.5. The third-order valence-corrected chi connectivity index (χ3v) is 3.67. The van der Waals surface area contributed by atoms with Crippen molar-refractivity contribution in [2.75, 3.05) is 7.11 Å². The van der Waals surface area contributed by atoms with Crippen LogP contribution in [0.1, 0.15) is 24.1 Å². The van der Waals surface area contributed by atoms with Crippen molar-refractivity contribution in [3.8, 4) is 5.75 Å². The molecule has 1 unspecified atom stereocenters. The highest BCUT2D eigenvalue weighted by Gasteiger charge is 2.16. The second-order valence-electron chi connectivity index (χ2n) is 4.49. The number of hydrogen-bond donors (Lipinski definition) is 1. The first-order chi connectivity index (χ1) is 9.45. The summed E-state index contributed by atoms with van der Waals surface area (Å²) in [4.78, 5) is 26.6. The second-order valence-corrected chi connectivity index (χ2v) is 4.87. The zero-order chi connectivity index (χ0) is 14.9. The first-order valence-electron chi connectivity index (χ1n) is 6.10. The Bertz CT molecular complexity index is 732. The van der Waals surface area contributed by atoms with Gasteiger partial charge in [-0.2, -0.15) is 0 Å². The Morgan fingerprint density at radius 1 is 1.25 bits per heavy atom. The number of halogens is 1. The van der Waals surface area contributed by atoms with Crippen LogP contribution in [0.3, 0.4) is 0 Å². The number of nitrogens with one attached hydrogen (secondary N) is 1. The van der Waals surface area contributed by atoms with E-state index in [1.165, 1.54) is 0 Å². The lowest BCUT2D eigenvalue weighted by Gasteiger charge is -2.15. The SMILES string of the molecule is COc1ccc(C(C)n2c(=O)[nH]c(Cl)c(C)c2=O)cc1. The van der Waals surface area contributed by atoms with Gasteiger partial charge in [0.05, 0.1) is 13.2 Å². The van der Waals surface area contributed by atoms with E-state index in [1.807, 2.05) is 12.1 Å². The molecule has 5 nitrogen and oxygen atoms in total. The van der Waals surface area contributed by atoms with Gasteiger partial charge in [-0.25, -0.2) is 4.79 Å². The summed E-state index contributed by atoms with van der Waals surface area (Å²) in [7, 11) is 1.58. The Balaban J connectivity index is 2.53. The Morgan fingerprint density at radius 2 is 1.85 bits per heavy atom. The molecule has 1 N–H and O–H groups in total. The maximum Gasteiger partial charge on any atom is 0.330 e. The highest BCUT2D eigenvalue weighted by molar-refractivity contribution is 6.30. The van der Waals surface area contributed by atoms with Crippen LogP contribution in [0.25, 0.3) is 0 Å². The number of rotatable bonds is 3. The topological polar surface area (TPSA) is 64.1 Å². The highest BCUT2D eigenvalue weighted by Crippen LogP contribution is 2.19. The van der Waals surface area contributed by atoms with Crippen molar-refractivity contribution in [2.24, 2.45) is 0 Å². The van der Waals surface area contributed by atoms with E-state index in [1.54, 1.807) is 33.1 Å². The van der Waals surface area contributed by atoms with Gasteiger partial charge in [-0.1, -0.05) is 23.7 Å². The molecule has 0 spiro atoms. The predicted octanol–water partition coefficient (Wildman–Crippen LogP) is 2.12. The van der Waals surface area contributed by atoms with E-state index in [9.17, 15) is 9.59 Å². The number of H-pyrrole nitrogens is 1. The predicted molar refractivity (Wildman–Crippen MR) is 77.9 cm³/mol. The lowest BCUT2D eigenvalue weighted by molar-refractivity contribution is 0.414. The third-order valence-electron chi connectivity index (χ3n) is 3.29. The van der Waals surface area contributed by atoms with Gasteiger partial charge in [0.15, 0.2) is 0 Å². The summed E-state index contributed by atoms with van der Waals surface area (Å²) in [5.74, 6) is 0.717. The summed E-state index contributed by atoms with van der Waals surface area (Å²) < 4.78 is 6.24. The molecule has 0 amide bonds. The van der Waals surface area contributed by atoms with Gasteiger partial charge < -0.3 is 4.74 Å². The quantitative estimate of drug-likeness (QED) is 0.882. The standard InChI is InChI=1S/C14H15ClN2O3/c1-8-12(15)16-14(19)17(13(8)18)9(2)10-4-6-11(20-3)7-5-10/h4-7,9H,1-3H3,(H,16,19). The van der Waals surface area contributed by atoms with Gasteiger partial charge in [0.2, 0.25) is 0 Å². The summed E-state index contributed by atoms with van der Waals surface area (Å²) in [6, 6.07) is 6.81. The molecule has 1 atom stereocenters. The van der Waals surface area contributed by atoms with Gasteiger partial charge >= 0.3 is 5.69 Å². The normalized spacial score (nSPS) is 12.2. The lowest BCUT2D eigenvalue weighted by Crippen LogP contribution is -2.38. The fraction of sp³-hybridized carbons (Fsp3) is 0.286. The molecule has 2 rings (SSSR count). The van der Waals surface area contributed by atoms with Crippen molar-refractivity contribution < 1.29 is 4.74 Å². The van der Waals surface area contributed by atoms with E-state index in [0.717, 1.165) is 15.9 Å². The fourth-order valence-corrected chi connectivity index (χ4v) is 2.16. The molecule has 1 aromatic carbocycles. The number of methoxy groups -OCH3 is 1. The molecule has 0 radical (unpaired) electrons. The minimum atomic E-state index is -0.520. The summed E-state index contributed by atoms with van der Waals surface area (Å²) in [6.45, 7) is 3.36. The second kappa shape index (κ2) is 5.54. The number of ether oxygens (including phenoxy) is 1. The Hall–Kier alpha value is -2.01. The fourth-order valence-electron chi connectivity index (χ4n) is 2.00. The molecule has 0 saturated carbocycles. The number of aromatic amines is 1. The molecule has 20 heavy (non-hydrogen) atoms. The number of aromatic nitrogens is 2. The monoisotopic (exact) mass is 294 g/mol. The zero-order valence-electron chi connectivity index (χ0n) is 11.4. The summed E-state index contributed by atoms with van der Waals surface area (Å²) in [6.07, 6.45) is 0. The van der Waals surface area contributed by atoms with Crippen molar-refractivity contribution in [3.63, 3.8) is 0 Å². The van der Waals surface area contributed by atoms with Crippen LogP contribution in [0, 0.1) is 6.92 Å². The molecule has 0 aliphatic heterocycles. The van der Waals surface area contributed by atoms with Crippen molar-refractivity contribution >= 4 is 11.6 Å². The Morgan fingerprint density at radius 3 is 2.40 bits per heavy atom. The minimum Gasteiger partial charge on any atom is -0.497 e. The van der Waals surface area contributed by atoms with Crippen molar-refractivity contribution in [1.82, 2.24) is 9.55 Å². The number of hydrogen-bond acceptors (Lipinski definition) is 3. The zero-order valence-corrected chi connectivity index (χ0v) is 12.2. The van der Waals surface area contributed by atoms with Gasteiger partial charge in [-0.15, -0.1) is 0 Å². The summed E-state index contributed by atoms with van der Waals surface area (Å²) in [5.41, 5.74) is 0.253. The van der Waals surface area contributed by atoms with Crippen LogP contribution in [-0.4, -0.2) is 16.7 Å². The van der Waals surface area contributed by atoms with Gasteiger partial charge in [0, 0.05) is 5.56 Å². The molecule has 0 fully saturated rings. The molecule has 0 aliphatic carbocycles. The summed E-state index contributed by atoms with van der Waals surface area (Å²) >= 11 is 5.80. The van der Waals surface area contributed by atoms with Crippen LogP contribution in [0.5, 0.6) is 5.75 Å². The molecule has 0 bridgehead atoms. The maximum atomic E-state index is 12.2. The maximum absolute atomic E-state index is 12.2. The first kappa shape index (κ1) is 14.4. The molecule has 106 valence electrons. The molecular formula is C14H15ClN2O3. The molecule has 2 aromatic rings. The minimum absolute atomic E-state index is 0.0816. The Labute approximate surface area is 120 Å². The summed E-state index contributed by atoms with van der Waals surface area (Å²) in [5, 5.41) is 0.0816. The van der Waals surface area contributed by atoms with Crippen LogP contribution >= 0.6 is 11.6 Å². The average molecular weight is 295 g/mol. The lowest BCUT2D eigenvalue weighted by atomic mass is 10.1. The van der Waals surface area contributed by atoms with E-state index in [-0.39, 0.29) is 10.7 Å². The number of benzene rings is 1. The van der Waals surface area contributed by atoms with Gasteiger partial charge in [-0.3, -0.25) is 14.3 Å². The molecule has 1 heterocycles. The van der Waals surface area contributed by atoms with Crippen molar-refractivity contribution in [2.45, 2.75) is 19.9 Å². The average Bonchev–Trinajstić information content (AvgIpc) is 2.45. The molecule has 0 aliphatic rings. The van der Waals surface area contributed by atoms with E-state index < -0.39 is 11.7 Å². The van der Waals surface area contributed by atoms with Gasteiger partial charge in [-0.05, 0) is 31.5 Å². The molecule has 6 heteroatoms. The van der Waals surface area contributed by atoms with Crippen molar-refractivity contribution in [1.29, 1.82) is 0 Å². The number of nitrogens with zero attached hydrogens (tertiary/aromatic N) is 1. The third kappa shape index (κ3) is 2.49. The van der Waals surface area contributed by atoms with E-state index in [0.29, 0.717) is 5.56 Å². The molecule has 0 saturated heterocycles. The van der Waals surface area contributed by atoms with E-state index in [4.69, 9.17) is 16.3 Å². The van der Waals surface area contributed by atoms with Gasteiger partial charge in [0.1, 0.15) is 10.9 Å². The van der Waals surface area contributed by atoms with Crippen LogP contribution in [0.15, 0.2) is 33.9 Å². The van der Waals surface area contributed by atoms with E-state index >= 15 is 0 Å².